The number of nitrogens with one attached hydrogen (secondary N) is 1. The van der Waals surface area contributed by atoms with Crippen LogP contribution in [0.1, 0.15) is 13.8 Å². The van der Waals surface area contributed by atoms with Crippen LogP contribution in [0.25, 0.3) is 0 Å². The van der Waals surface area contributed by atoms with Gasteiger partial charge in [0, 0.05) is 31.5 Å². The molecule has 0 aromatic carbocycles. The van der Waals surface area contributed by atoms with Crippen molar-refractivity contribution >= 4 is 16.9 Å². The lowest BCUT2D eigenvalue weighted by Gasteiger charge is -2.16. The highest BCUT2D eigenvalue weighted by Crippen LogP contribution is 2.21. The maximum atomic E-state index is 5.03. The van der Waals surface area contributed by atoms with E-state index >= 15 is 0 Å². The van der Waals surface area contributed by atoms with Gasteiger partial charge >= 0.3 is 0 Å². The quantitative estimate of drug-likeness (QED) is 0.758. The summed E-state index contributed by atoms with van der Waals surface area (Å²) in [6.07, 6.45) is 0. The monoisotopic (exact) mass is 245 g/mol. The van der Waals surface area contributed by atoms with Gasteiger partial charge < -0.3 is 15.0 Å². The smallest absolute Gasteiger partial charge is 0.157 e. The van der Waals surface area contributed by atoms with Crippen LogP contribution in [0.4, 0.5) is 0 Å². The average molecular weight is 245 g/mol. The van der Waals surface area contributed by atoms with Gasteiger partial charge in [0.1, 0.15) is 0 Å². The van der Waals surface area contributed by atoms with Gasteiger partial charge in [-0.1, -0.05) is 11.8 Å². The van der Waals surface area contributed by atoms with Crippen LogP contribution in [0.5, 0.6) is 0 Å². The van der Waals surface area contributed by atoms with Crippen molar-refractivity contribution in [3.63, 3.8) is 0 Å². The van der Waals surface area contributed by atoms with Gasteiger partial charge in [-0.3, -0.25) is 4.99 Å². The second kappa shape index (κ2) is 6.47. The first-order chi connectivity index (χ1) is 7.53. The van der Waals surface area contributed by atoms with Crippen molar-refractivity contribution < 1.29 is 4.74 Å². The third-order valence-electron chi connectivity index (χ3n) is 2.43. The molecule has 0 saturated carbocycles. The Morgan fingerprint density at radius 2 is 2.25 bits per heavy atom. The molecule has 0 aromatic heterocycles. The van der Waals surface area contributed by atoms with Gasteiger partial charge in [-0.05, 0) is 20.9 Å². The molecule has 1 saturated heterocycles. The standard InChI is InChI=1S/C11H23N3OS/c1-11(2)9-16-10(13-11)12-5-6-14(3)7-8-15-4/h5-9H2,1-4H3,(H,12,13). The van der Waals surface area contributed by atoms with Crippen LogP contribution in [0.3, 0.4) is 0 Å². The number of amidine groups is 1. The van der Waals surface area contributed by atoms with E-state index in [-0.39, 0.29) is 5.54 Å². The van der Waals surface area contributed by atoms with Crippen molar-refractivity contribution in [3.05, 3.63) is 0 Å². The first-order valence-corrected chi connectivity index (χ1v) is 6.65. The molecule has 1 fully saturated rings. The molecule has 1 heterocycles. The minimum Gasteiger partial charge on any atom is -0.383 e. The fraction of sp³-hybridized carbons (Fsp3) is 0.909. The van der Waals surface area contributed by atoms with E-state index in [2.05, 4.69) is 36.1 Å². The van der Waals surface area contributed by atoms with Crippen LogP contribution in [-0.4, -0.2) is 61.8 Å². The van der Waals surface area contributed by atoms with Crippen LogP contribution in [0, 0.1) is 0 Å². The molecule has 1 aliphatic heterocycles. The van der Waals surface area contributed by atoms with Gasteiger partial charge in [0.15, 0.2) is 5.17 Å². The molecular formula is C11H23N3OS. The lowest BCUT2D eigenvalue weighted by atomic mass is 10.1. The summed E-state index contributed by atoms with van der Waals surface area (Å²) in [5.74, 6) is 1.10. The molecule has 0 amide bonds. The van der Waals surface area contributed by atoms with Crippen molar-refractivity contribution in [3.8, 4) is 0 Å². The molecule has 0 bridgehead atoms. The summed E-state index contributed by atoms with van der Waals surface area (Å²) in [5, 5.41) is 4.50. The zero-order chi connectivity index (χ0) is 12.0. The lowest BCUT2D eigenvalue weighted by Crippen LogP contribution is -2.37. The molecule has 0 unspecified atom stereocenters. The molecular weight excluding hydrogens is 222 g/mol. The summed E-state index contributed by atoms with van der Waals surface area (Å²) in [5.41, 5.74) is 0.200. The topological polar surface area (TPSA) is 36.9 Å². The molecule has 16 heavy (non-hydrogen) atoms. The first kappa shape index (κ1) is 13.8. The Kier molecular flexibility index (Phi) is 5.58. The molecule has 0 spiro atoms. The Balaban J connectivity index is 2.17. The molecule has 0 aliphatic carbocycles. The van der Waals surface area contributed by atoms with E-state index in [1.54, 1.807) is 7.11 Å². The fourth-order valence-corrected chi connectivity index (χ4v) is 2.48. The maximum absolute atomic E-state index is 5.03. The van der Waals surface area contributed by atoms with Gasteiger partial charge in [-0.2, -0.15) is 0 Å². The molecule has 4 nitrogen and oxygen atoms in total. The molecule has 1 aliphatic rings. The van der Waals surface area contributed by atoms with Crippen LogP contribution >= 0.6 is 11.8 Å². The van der Waals surface area contributed by atoms with Gasteiger partial charge in [-0.25, -0.2) is 0 Å². The number of aliphatic imine (C=N–C) groups is 1. The Hall–Kier alpha value is -0.260. The SMILES string of the molecule is COCCN(C)CCN=C1NC(C)(C)CS1. The van der Waals surface area contributed by atoms with Crippen molar-refractivity contribution in [2.24, 2.45) is 4.99 Å². The van der Waals surface area contributed by atoms with Crippen molar-refractivity contribution in [1.82, 2.24) is 10.2 Å². The maximum Gasteiger partial charge on any atom is 0.157 e. The zero-order valence-corrected chi connectivity index (χ0v) is 11.6. The summed E-state index contributed by atoms with van der Waals surface area (Å²) in [6, 6.07) is 0. The normalized spacial score (nSPS) is 21.7. The fourth-order valence-electron chi connectivity index (χ4n) is 1.38. The van der Waals surface area contributed by atoms with E-state index in [9.17, 15) is 0 Å². The number of ether oxygens (including phenoxy) is 1. The minimum absolute atomic E-state index is 0.200. The number of hydrogen-bond donors (Lipinski definition) is 1. The molecule has 0 atom stereocenters. The number of rotatable bonds is 6. The van der Waals surface area contributed by atoms with Crippen molar-refractivity contribution in [2.45, 2.75) is 19.4 Å². The minimum atomic E-state index is 0.200. The summed E-state index contributed by atoms with van der Waals surface area (Å²) in [6.45, 7) is 7.99. The van der Waals surface area contributed by atoms with E-state index < -0.39 is 0 Å². The van der Waals surface area contributed by atoms with Gasteiger partial charge in [0.2, 0.25) is 0 Å². The van der Waals surface area contributed by atoms with E-state index in [1.165, 1.54) is 0 Å². The second-order valence-electron chi connectivity index (χ2n) is 4.78. The van der Waals surface area contributed by atoms with Gasteiger partial charge in [-0.15, -0.1) is 0 Å². The molecule has 0 radical (unpaired) electrons. The van der Waals surface area contributed by atoms with E-state index in [0.29, 0.717) is 0 Å². The molecule has 5 heteroatoms. The summed E-state index contributed by atoms with van der Waals surface area (Å²) in [7, 11) is 3.83. The van der Waals surface area contributed by atoms with E-state index in [4.69, 9.17) is 4.74 Å². The molecule has 0 aromatic rings. The van der Waals surface area contributed by atoms with Crippen LogP contribution in [0.2, 0.25) is 0 Å². The van der Waals surface area contributed by atoms with Gasteiger partial charge in [0.25, 0.3) is 0 Å². The third-order valence-corrected chi connectivity index (χ3v) is 3.80. The predicted octanol–water partition coefficient (Wildman–Crippen LogP) is 1.04. The highest BCUT2D eigenvalue weighted by molar-refractivity contribution is 8.14. The highest BCUT2D eigenvalue weighted by Gasteiger charge is 2.26. The highest BCUT2D eigenvalue weighted by atomic mass is 32.2. The molecule has 1 rings (SSSR count). The van der Waals surface area contributed by atoms with Crippen LogP contribution in [-0.2, 0) is 4.74 Å². The predicted molar refractivity (Wildman–Crippen MR) is 71.3 cm³/mol. The Morgan fingerprint density at radius 3 is 2.81 bits per heavy atom. The first-order valence-electron chi connectivity index (χ1n) is 5.66. The Bertz CT molecular complexity index is 243. The van der Waals surface area contributed by atoms with Gasteiger partial charge in [0.05, 0.1) is 13.2 Å². The van der Waals surface area contributed by atoms with E-state index in [0.717, 1.165) is 37.2 Å². The molecule has 1 N–H and O–H groups in total. The average Bonchev–Trinajstić information content (AvgIpc) is 2.55. The largest absolute Gasteiger partial charge is 0.383 e. The van der Waals surface area contributed by atoms with Crippen LogP contribution < -0.4 is 5.32 Å². The van der Waals surface area contributed by atoms with E-state index in [1.807, 2.05) is 11.8 Å². The Labute approximate surface area is 103 Å². The Morgan fingerprint density at radius 1 is 1.50 bits per heavy atom. The lowest BCUT2D eigenvalue weighted by molar-refractivity contribution is 0.163. The molecule has 94 valence electrons. The van der Waals surface area contributed by atoms with Crippen molar-refractivity contribution in [1.29, 1.82) is 0 Å². The van der Waals surface area contributed by atoms with Crippen molar-refractivity contribution in [2.75, 3.05) is 46.2 Å². The summed E-state index contributed by atoms with van der Waals surface area (Å²) in [4.78, 5) is 6.79. The summed E-state index contributed by atoms with van der Waals surface area (Å²) >= 11 is 1.81. The second-order valence-corrected chi connectivity index (χ2v) is 5.74. The number of nitrogens with zero attached hydrogens (tertiary/aromatic N) is 2. The number of likely N-dealkylation sites (N-methyl/N-ethyl adjacent to an activating group) is 1. The van der Waals surface area contributed by atoms with Crippen LogP contribution in [0.15, 0.2) is 4.99 Å². The number of hydrogen-bond acceptors (Lipinski definition) is 4. The summed E-state index contributed by atoms with van der Waals surface area (Å²) < 4.78 is 5.03. The zero-order valence-electron chi connectivity index (χ0n) is 10.7. The number of methoxy groups -OCH3 is 1. The number of thioether (sulfide) groups is 1. The third kappa shape index (κ3) is 5.18.